The Balaban J connectivity index is 2.19. The summed E-state index contributed by atoms with van der Waals surface area (Å²) in [6, 6.07) is 12.6. The lowest BCUT2D eigenvalue weighted by molar-refractivity contribution is 0.595. The fraction of sp³-hybridized carbons (Fsp3) is 0.250. The maximum atomic E-state index is 12.3. The topological polar surface area (TPSA) is 60.2 Å². The van der Waals surface area contributed by atoms with E-state index in [0.29, 0.717) is 17.0 Å². The van der Waals surface area contributed by atoms with Gasteiger partial charge in [0.2, 0.25) is 0 Å². The lowest BCUT2D eigenvalue weighted by atomic mass is 10.1. The lowest BCUT2D eigenvalue weighted by Gasteiger charge is -2.08. The monoisotopic (exact) mass is 289 g/mol. The molecule has 0 spiro atoms. The third-order valence-corrected chi connectivity index (χ3v) is 5.25. The van der Waals surface area contributed by atoms with E-state index in [2.05, 4.69) is 0 Å². The fourth-order valence-electron chi connectivity index (χ4n) is 2.03. The first-order valence-corrected chi connectivity index (χ1v) is 8.19. The molecule has 0 unspecified atom stereocenters. The molecule has 0 fully saturated rings. The van der Waals surface area contributed by atoms with Crippen LogP contribution in [0.2, 0.25) is 0 Å². The number of aryl methyl sites for hydroxylation is 3. The zero-order valence-electron chi connectivity index (χ0n) is 11.8. The molecule has 0 heterocycles. The van der Waals surface area contributed by atoms with Crippen LogP contribution in [-0.2, 0) is 16.3 Å². The maximum absolute atomic E-state index is 12.3. The second-order valence-electron chi connectivity index (χ2n) is 5.01. The molecule has 2 aromatic carbocycles. The number of sulfone groups is 1. The van der Waals surface area contributed by atoms with Gasteiger partial charge in [-0.05, 0) is 55.2 Å². The Morgan fingerprint density at radius 1 is 1.00 bits per heavy atom. The van der Waals surface area contributed by atoms with Crippen molar-refractivity contribution in [2.75, 3.05) is 11.5 Å². The highest BCUT2D eigenvalue weighted by Gasteiger charge is 2.15. The van der Waals surface area contributed by atoms with E-state index in [9.17, 15) is 8.42 Å². The van der Waals surface area contributed by atoms with Crippen LogP contribution in [0.1, 0.15) is 16.7 Å². The van der Waals surface area contributed by atoms with Crippen molar-refractivity contribution < 1.29 is 8.42 Å². The van der Waals surface area contributed by atoms with Crippen molar-refractivity contribution in [2.24, 2.45) is 0 Å². The molecule has 0 aromatic heterocycles. The summed E-state index contributed by atoms with van der Waals surface area (Å²) in [5, 5.41) is 0. The summed E-state index contributed by atoms with van der Waals surface area (Å²) in [7, 11) is -3.27. The first-order valence-electron chi connectivity index (χ1n) is 6.53. The molecule has 20 heavy (non-hydrogen) atoms. The van der Waals surface area contributed by atoms with Crippen molar-refractivity contribution >= 4 is 15.5 Å². The highest BCUT2D eigenvalue weighted by atomic mass is 32.2. The third-order valence-electron chi connectivity index (χ3n) is 3.53. The molecule has 0 radical (unpaired) electrons. The van der Waals surface area contributed by atoms with Crippen LogP contribution in [-0.4, -0.2) is 14.2 Å². The Kier molecular flexibility index (Phi) is 4.14. The van der Waals surface area contributed by atoms with Crippen LogP contribution in [0.4, 0.5) is 5.69 Å². The molecule has 0 saturated carbocycles. The van der Waals surface area contributed by atoms with Crippen molar-refractivity contribution in [2.45, 2.75) is 25.2 Å². The Morgan fingerprint density at radius 3 is 2.35 bits per heavy atom. The third kappa shape index (κ3) is 3.20. The van der Waals surface area contributed by atoms with Crippen molar-refractivity contribution in [3.05, 3.63) is 59.2 Å². The van der Waals surface area contributed by atoms with E-state index >= 15 is 0 Å². The predicted octanol–water partition coefficient (Wildman–Crippen LogP) is 2.90. The van der Waals surface area contributed by atoms with Crippen molar-refractivity contribution in [1.29, 1.82) is 0 Å². The summed E-state index contributed by atoms with van der Waals surface area (Å²) in [6.45, 7) is 3.89. The van der Waals surface area contributed by atoms with Gasteiger partial charge in [-0.2, -0.15) is 0 Å². The number of hydrogen-bond acceptors (Lipinski definition) is 3. The highest BCUT2D eigenvalue weighted by Crippen LogP contribution is 2.18. The number of nitrogens with two attached hydrogens (primary N) is 1. The van der Waals surface area contributed by atoms with Gasteiger partial charge in [0.15, 0.2) is 9.84 Å². The van der Waals surface area contributed by atoms with Gasteiger partial charge in [0.25, 0.3) is 0 Å². The van der Waals surface area contributed by atoms with Crippen molar-refractivity contribution in [3.8, 4) is 0 Å². The number of rotatable bonds is 4. The SMILES string of the molecule is Cc1ccc(S(=O)(=O)CCc2ccccc2N)cc1C. The van der Waals surface area contributed by atoms with Gasteiger partial charge in [-0.3, -0.25) is 0 Å². The molecule has 2 N–H and O–H groups in total. The summed E-state index contributed by atoms with van der Waals surface area (Å²) in [5.74, 6) is 0.0731. The van der Waals surface area contributed by atoms with Gasteiger partial charge in [0, 0.05) is 5.69 Å². The molecule has 0 bridgehead atoms. The molecule has 2 aromatic rings. The average Bonchev–Trinajstić information content (AvgIpc) is 2.41. The van der Waals surface area contributed by atoms with Crippen LogP contribution < -0.4 is 5.73 Å². The number of hydrogen-bond donors (Lipinski definition) is 1. The Hall–Kier alpha value is -1.81. The standard InChI is InChI=1S/C16H19NO2S/c1-12-7-8-15(11-13(12)2)20(18,19)10-9-14-5-3-4-6-16(14)17/h3-8,11H,9-10,17H2,1-2H3. The summed E-state index contributed by atoms with van der Waals surface area (Å²) < 4.78 is 24.7. The molecule has 0 aliphatic rings. The van der Waals surface area contributed by atoms with Crippen LogP contribution >= 0.6 is 0 Å². The maximum Gasteiger partial charge on any atom is 0.178 e. The van der Waals surface area contributed by atoms with E-state index in [1.165, 1.54) is 0 Å². The molecule has 0 aliphatic carbocycles. The normalized spacial score (nSPS) is 11.5. The Bertz CT molecular complexity index is 721. The number of para-hydroxylation sites is 1. The molecular formula is C16H19NO2S. The largest absolute Gasteiger partial charge is 0.399 e. The molecule has 3 nitrogen and oxygen atoms in total. The van der Waals surface area contributed by atoms with Crippen LogP contribution in [0.5, 0.6) is 0 Å². The van der Waals surface area contributed by atoms with Gasteiger partial charge < -0.3 is 5.73 Å². The van der Waals surface area contributed by atoms with Crippen LogP contribution in [0, 0.1) is 13.8 Å². The van der Waals surface area contributed by atoms with E-state index in [-0.39, 0.29) is 5.75 Å². The first-order chi connectivity index (χ1) is 9.40. The van der Waals surface area contributed by atoms with Gasteiger partial charge in [-0.25, -0.2) is 8.42 Å². The number of anilines is 1. The van der Waals surface area contributed by atoms with E-state index in [4.69, 9.17) is 5.73 Å². The smallest absolute Gasteiger partial charge is 0.178 e. The van der Waals surface area contributed by atoms with Crippen LogP contribution in [0.25, 0.3) is 0 Å². The molecule has 0 saturated heterocycles. The summed E-state index contributed by atoms with van der Waals surface area (Å²) in [4.78, 5) is 0.384. The van der Waals surface area contributed by atoms with Crippen molar-refractivity contribution in [1.82, 2.24) is 0 Å². The molecule has 0 atom stereocenters. The Labute approximate surface area is 120 Å². The minimum Gasteiger partial charge on any atom is -0.399 e. The molecule has 2 rings (SSSR count). The van der Waals surface area contributed by atoms with E-state index in [0.717, 1.165) is 16.7 Å². The second kappa shape index (κ2) is 5.67. The Morgan fingerprint density at radius 2 is 1.70 bits per heavy atom. The lowest BCUT2D eigenvalue weighted by Crippen LogP contribution is -2.10. The summed E-state index contributed by atoms with van der Waals surface area (Å²) >= 11 is 0. The fourth-order valence-corrected chi connectivity index (χ4v) is 3.39. The van der Waals surface area contributed by atoms with Gasteiger partial charge >= 0.3 is 0 Å². The highest BCUT2D eigenvalue weighted by molar-refractivity contribution is 7.91. The van der Waals surface area contributed by atoms with Crippen LogP contribution in [0.15, 0.2) is 47.4 Å². The van der Waals surface area contributed by atoms with E-state index in [1.807, 2.05) is 38.1 Å². The van der Waals surface area contributed by atoms with Gasteiger partial charge in [-0.15, -0.1) is 0 Å². The predicted molar refractivity (Wildman–Crippen MR) is 82.5 cm³/mol. The number of nitrogen functional groups attached to an aromatic ring is 1. The minimum atomic E-state index is -3.27. The summed E-state index contributed by atoms with van der Waals surface area (Å²) in [5.41, 5.74) is 9.44. The van der Waals surface area contributed by atoms with Gasteiger partial charge in [-0.1, -0.05) is 24.3 Å². The minimum absolute atomic E-state index is 0.0731. The van der Waals surface area contributed by atoms with Gasteiger partial charge in [0.05, 0.1) is 10.6 Å². The molecule has 4 heteroatoms. The second-order valence-corrected chi connectivity index (χ2v) is 7.12. The first kappa shape index (κ1) is 14.6. The van der Waals surface area contributed by atoms with Gasteiger partial charge in [0.1, 0.15) is 0 Å². The molecule has 106 valence electrons. The zero-order valence-corrected chi connectivity index (χ0v) is 12.6. The molecular weight excluding hydrogens is 270 g/mol. The van der Waals surface area contributed by atoms with Crippen LogP contribution in [0.3, 0.4) is 0 Å². The number of benzene rings is 2. The summed E-state index contributed by atoms with van der Waals surface area (Å²) in [6.07, 6.45) is 0.432. The molecule has 0 amide bonds. The van der Waals surface area contributed by atoms with Crippen molar-refractivity contribution in [3.63, 3.8) is 0 Å². The zero-order chi connectivity index (χ0) is 14.8. The van der Waals surface area contributed by atoms with E-state index < -0.39 is 9.84 Å². The molecule has 0 aliphatic heterocycles. The quantitative estimate of drug-likeness (QED) is 0.880. The average molecular weight is 289 g/mol. The van der Waals surface area contributed by atoms with E-state index in [1.54, 1.807) is 18.2 Å².